The number of thioether (sulfide) groups is 1. The number of rotatable bonds is 5. The summed E-state index contributed by atoms with van der Waals surface area (Å²) < 4.78 is 43.9. The quantitative estimate of drug-likeness (QED) is 0.727. The molecule has 29 heavy (non-hydrogen) atoms. The van der Waals surface area contributed by atoms with E-state index in [0.29, 0.717) is 29.9 Å². The largest absolute Gasteiger partial charge is 0.416 e. The van der Waals surface area contributed by atoms with E-state index < -0.39 is 11.7 Å². The Morgan fingerprint density at radius 2 is 1.86 bits per heavy atom. The molecule has 0 aliphatic carbocycles. The molecule has 1 aromatic carbocycles. The predicted molar refractivity (Wildman–Crippen MR) is 106 cm³/mol. The third-order valence-corrected chi connectivity index (χ3v) is 6.55. The highest BCUT2D eigenvalue weighted by molar-refractivity contribution is 7.99. The van der Waals surface area contributed by atoms with Crippen molar-refractivity contribution >= 4 is 11.8 Å². The van der Waals surface area contributed by atoms with Gasteiger partial charge in [-0.05, 0) is 24.5 Å². The molecule has 2 saturated heterocycles. The zero-order valence-corrected chi connectivity index (χ0v) is 17.0. The minimum Gasteiger partial charge on any atom is -0.338 e. The van der Waals surface area contributed by atoms with Crippen LogP contribution >= 0.6 is 11.8 Å². The number of hydrogen-bond acceptors (Lipinski definition) is 6. The van der Waals surface area contributed by atoms with E-state index in [9.17, 15) is 13.2 Å². The van der Waals surface area contributed by atoms with Gasteiger partial charge in [0.1, 0.15) is 0 Å². The smallest absolute Gasteiger partial charge is 0.338 e. The maximum absolute atomic E-state index is 12.9. The van der Waals surface area contributed by atoms with Crippen LogP contribution < -0.4 is 0 Å². The molecule has 3 heterocycles. The third-order valence-electron chi connectivity index (χ3n) is 5.60. The molecular weight excluding hydrogens is 401 g/mol. The zero-order chi connectivity index (χ0) is 20.3. The molecule has 4 rings (SSSR count). The van der Waals surface area contributed by atoms with Crippen LogP contribution in [0.4, 0.5) is 13.2 Å². The summed E-state index contributed by atoms with van der Waals surface area (Å²) in [6.07, 6.45) is -1.83. The molecule has 0 saturated carbocycles. The molecule has 2 aliphatic heterocycles. The van der Waals surface area contributed by atoms with Gasteiger partial charge in [-0.3, -0.25) is 9.80 Å². The van der Waals surface area contributed by atoms with Gasteiger partial charge in [0.05, 0.1) is 12.1 Å². The van der Waals surface area contributed by atoms with Gasteiger partial charge in [-0.25, -0.2) is 0 Å². The minimum atomic E-state index is -4.35. The molecule has 0 N–H and O–H groups in total. The van der Waals surface area contributed by atoms with E-state index in [-0.39, 0.29) is 6.42 Å². The fourth-order valence-electron chi connectivity index (χ4n) is 4.04. The third kappa shape index (κ3) is 5.52. The minimum absolute atomic E-state index is 0.225. The van der Waals surface area contributed by atoms with E-state index in [0.717, 1.165) is 38.1 Å². The number of alkyl halides is 3. The van der Waals surface area contributed by atoms with Crippen molar-refractivity contribution < 1.29 is 17.7 Å². The summed E-state index contributed by atoms with van der Waals surface area (Å²) in [5, 5.41) is 3.95. The van der Waals surface area contributed by atoms with Gasteiger partial charge < -0.3 is 4.52 Å². The summed E-state index contributed by atoms with van der Waals surface area (Å²) >= 11 is 2.03. The predicted octanol–water partition coefficient (Wildman–Crippen LogP) is 3.69. The van der Waals surface area contributed by atoms with Crippen LogP contribution in [0.2, 0.25) is 0 Å². The van der Waals surface area contributed by atoms with Crippen molar-refractivity contribution in [1.29, 1.82) is 0 Å². The lowest BCUT2D eigenvalue weighted by Crippen LogP contribution is -2.47. The highest BCUT2D eigenvalue weighted by atomic mass is 32.2. The number of piperidine rings is 1. The maximum Gasteiger partial charge on any atom is 0.416 e. The summed E-state index contributed by atoms with van der Waals surface area (Å²) in [4.78, 5) is 9.32. The molecule has 2 fully saturated rings. The zero-order valence-electron chi connectivity index (χ0n) is 16.2. The average Bonchev–Trinajstić information content (AvgIpc) is 3.15. The topological polar surface area (TPSA) is 45.4 Å². The Morgan fingerprint density at radius 3 is 2.59 bits per heavy atom. The number of likely N-dealkylation sites (tertiary alicyclic amines) is 1. The number of benzene rings is 1. The monoisotopic (exact) mass is 426 g/mol. The number of hydrogen-bond donors (Lipinski definition) is 0. The molecule has 2 aliphatic rings. The van der Waals surface area contributed by atoms with Crippen LogP contribution in [-0.4, -0.2) is 63.7 Å². The van der Waals surface area contributed by atoms with Crippen molar-refractivity contribution in [2.75, 3.05) is 37.7 Å². The lowest BCUT2D eigenvalue weighted by atomic mass is 10.0. The van der Waals surface area contributed by atoms with Crippen LogP contribution in [0.3, 0.4) is 0 Å². The van der Waals surface area contributed by atoms with Crippen LogP contribution in [0.5, 0.6) is 0 Å². The Hall–Kier alpha value is -1.58. The first-order valence-electron chi connectivity index (χ1n) is 9.99. The molecule has 0 bridgehead atoms. The Labute approximate surface area is 172 Å². The van der Waals surface area contributed by atoms with Gasteiger partial charge >= 0.3 is 6.18 Å². The van der Waals surface area contributed by atoms with Crippen molar-refractivity contribution in [3.05, 3.63) is 47.1 Å². The molecule has 1 aromatic heterocycles. The van der Waals surface area contributed by atoms with E-state index in [2.05, 4.69) is 19.9 Å². The van der Waals surface area contributed by atoms with Crippen molar-refractivity contribution in [1.82, 2.24) is 19.9 Å². The highest BCUT2D eigenvalue weighted by Gasteiger charge is 2.30. The van der Waals surface area contributed by atoms with Gasteiger partial charge in [0, 0.05) is 50.1 Å². The van der Waals surface area contributed by atoms with Crippen molar-refractivity contribution in [3.8, 4) is 0 Å². The van der Waals surface area contributed by atoms with Gasteiger partial charge in [0.15, 0.2) is 5.82 Å². The van der Waals surface area contributed by atoms with E-state index in [1.54, 1.807) is 6.07 Å². The molecule has 0 unspecified atom stereocenters. The summed E-state index contributed by atoms with van der Waals surface area (Å²) in [7, 11) is 0. The summed E-state index contributed by atoms with van der Waals surface area (Å²) in [6.45, 7) is 4.98. The molecule has 9 heteroatoms. The Morgan fingerprint density at radius 1 is 1.10 bits per heavy atom. The first-order valence-corrected chi connectivity index (χ1v) is 11.1. The number of aromatic nitrogens is 2. The molecule has 5 nitrogen and oxygen atoms in total. The Kier molecular flexibility index (Phi) is 6.46. The SMILES string of the molecule is FC(F)(F)c1cccc(Cc2noc(CN3CCC(N4CCSCC4)CC3)n2)c1. The van der Waals surface area contributed by atoms with E-state index in [1.807, 2.05) is 11.8 Å². The van der Waals surface area contributed by atoms with Crippen LogP contribution in [0.1, 0.15) is 35.7 Å². The van der Waals surface area contributed by atoms with Crippen LogP contribution in [0.15, 0.2) is 28.8 Å². The first kappa shape index (κ1) is 20.7. The van der Waals surface area contributed by atoms with Crippen LogP contribution in [-0.2, 0) is 19.1 Å². The Balaban J connectivity index is 1.29. The standard InChI is InChI=1S/C20H25F3N4OS/c21-20(22,23)16-3-1-2-15(12-16)13-18-24-19(28-25-18)14-26-6-4-17(5-7-26)27-8-10-29-11-9-27/h1-3,12,17H,4-11,13-14H2. The second-order valence-electron chi connectivity index (χ2n) is 7.63. The van der Waals surface area contributed by atoms with Crippen molar-refractivity contribution in [2.24, 2.45) is 0 Å². The fraction of sp³-hybridized carbons (Fsp3) is 0.600. The van der Waals surface area contributed by atoms with Gasteiger partial charge in [-0.15, -0.1) is 0 Å². The van der Waals surface area contributed by atoms with Gasteiger partial charge in [0.2, 0.25) is 5.89 Å². The fourth-order valence-corrected chi connectivity index (χ4v) is 4.97. The molecule has 2 aromatic rings. The highest BCUT2D eigenvalue weighted by Crippen LogP contribution is 2.30. The molecule has 0 radical (unpaired) electrons. The second-order valence-corrected chi connectivity index (χ2v) is 8.86. The van der Waals surface area contributed by atoms with Gasteiger partial charge in [-0.2, -0.15) is 29.9 Å². The first-order chi connectivity index (χ1) is 14.0. The number of halogens is 3. The van der Waals surface area contributed by atoms with Crippen molar-refractivity contribution in [2.45, 2.75) is 38.0 Å². The van der Waals surface area contributed by atoms with E-state index >= 15 is 0 Å². The van der Waals surface area contributed by atoms with Crippen molar-refractivity contribution in [3.63, 3.8) is 0 Å². The maximum atomic E-state index is 12.9. The summed E-state index contributed by atoms with van der Waals surface area (Å²) in [5.41, 5.74) is -0.137. The Bertz CT molecular complexity index is 799. The average molecular weight is 427 g/mol. The number of nitrogens with zero attached hydrogens (tertiary/aromatic N) is 4. The molecule has 0 atom stereocenters. The van der Waals surface area contributed by atoms with E-state index in [1.165, 1.54) is 30.7 Å². The van der Waals surface area contributed by atoms with Crippen LogP contribution in [0, 0.1) is 0 Å². The summed E-state index contributed by atoms with van der Waals surface area (Å²) in [5.74, 6) is 3.41. The second kappa shape index (κ2) is 9.06. The normalized spacial score (nSPS) is 20.2. The molecule has 0 spiro atoms. The van der Waals surface area contributed by atoms with Crippen LogP contribution in [0.25, 0.3) is 0 Å². The van der Waals surface area contributed by atoms with E-state index in [4.69, 9.17) is 4.52 Å². The lowest BCUT2D eigenvalue weighted by Gasteiger charge is -2.39. The lowest BCUT2D eigenvalue weighted by molar-refractivity contribution is -0.137. The molecule has 158 valence electrons. The van der Waals surface area contributed by atoms with Gasteiger partial charge in [0.25, 0.3) is 0 Å². The van der Waals surface area contributed by atoms with Gasteiger partial charge in [-0.1, -0.05) is 23.4 Å². The summed E-state index contributed by atoms with van der Waals surface area (Å²) in [6, 6.07) is 5.93. The molecular formula is C20H25F3N4OS. The molecule has 0 amide bonds.